The Kier molecular flexibility index (Phi) is 7.33. The maximum atomic E-state index is 13.3. The van der Waals surface area contributed by atoms with Gasteiger partial charge in [0.15, 0.2) is 0 Å². The van der Waals surface area contributed by atoms with Gasteiger partial charge in [0.25, 0.3) is 5.56 Å². The molecule has 1 atom stereocenters. The van der Waals surface area contributed by atoms with E-state index in [2.05, 4.69) is 0 Å². The van der Waals surface area contributed by atoms with Crippen molar-refractivity contribution in [3.8, 4) is 0 Å². The van der Waals surface area contributed by atoms with Crippen LogP contribution in [0, 0.1) is 0 Å². The highest BCUT2D eigenvalue weighted by Gasteiger charge is 2.33. The molecule has 1 N–H and O–H groups in total. The summed E-state index contributed by atoms with van der Waals surface area (Å²) in [6.07, 6.45) is -0.642. The summed E-state index contributed by atoms with van der Waals surface area (Å²) in [5.74, 6) is -1.88. The average Bonchev–Trinajstić information content (AvgIpc) is 3.11. The smallest absolute Gasteiger partial charge is 0.334 e. The van der Waals surface area contributed by atoms with Gasteiger partial charge in [-0.3, -0.25) is 14.2 Å². The third-order valence-corrected chi connectivity index (χ3v) is 5.48. The zero-order chi connectivity index (χ0) is 24.3. The summed E-state index contributed by atoms with van der Waals surface area (Å²) in [6, 6.07) is 9.33. The van der Waals surface area contributed by atoms with Crippen molar-refractivity contribution >= 4 is 17.5 Å². The Morgan fingerprint density at radius 1 is 1.12 bits per heavy atom. The van der Waals surface area contributed by atoms with Crippen LogP contribution in [0.15, 0.2) is 45.5 Å². The number of carbonyl (C=O) groups is 2. The van der Waals surface area contributed by atoms with Gasteiger partial charge in [-0.05, 0) is 38.8 Å². The molecule has 0 bridgehead atoms. The molecule has 1 aromatic carbocycles. The molecule has 1 aliphatic carbocycles. The first kappa shape index (κ1) is 24.2. The molecule has 1 aliphatic rings. The van der Waals surface area contributed by atoms with Crippen LogP contribution < -0.4 is 11.2 Å². The molecule has 1 heterocycles. The van der Waals surface area contributed by atoms with Gasteiger partial charge in [-0.1, -0.05) is 30.3 Å². The summed E-state index contributed by atoms with van der Waals surface area (Å²) in [5.41, 5.74) is 0.541. The van der Waals surface area contributed by atoms with E-state index in [1.165, 1.54) is 4.57 Å². The summed E-state index contributed by atoms with van der Waals surface area (Å²) < 4.78 is 13.2. The zero-order valence-corrected chi connectivity index (χ0v) is 19.2. The van der Waals surface area contributed by atoms with Gasteiger partial charge in [0.1, 0.15) is 12.6 Å². The minimum Gasteiger partial charge on any atom is -0.480 e. The first-order chi connectivity index (χ1) is 15.6. The number of hydrogen-bond donors (Lipinski definition) is 1. The predicted octanol–water partition coefficient (Wildman–Crippen LogP) is 2.15. The number of nitrogens with zero attached hydrogens (tertiary/aromatic N) is 2. The van der Waals surface area contributed by atoms with Crippen LogP contribution in [0.4, 0.5) is 0 Å². The minimum absolute atomic E-state index is 0.0432. The number of aliphatic carboxylic acids is 1. The van der Waals surface area contributed by atoms with Crippen molar-refractivity contribution in [3.05, 3.63) is 73.6 Å². The lowest BCUT2D eigenvalue weighted by molar-refractivity contribution is -0.139. The maximum absolute atomic E-state index is 13.3. The summed E-state index contributed by atoms with van der Waals surface area (Å²) in [4.78, 5) is 50.3. The van der Waals surface area contributed by atoms with E-state index in [1.54, 1.807) is 13.8 Å². The number of aromatic nitrogens is 2. The molecule has 9 nitrogen and oxygen atoms in total. The minimum atomic E-state index is -1.32. The van der Waals surface area contributed by atoms with Crippen molar-refractivity contribution in [1.82, 2.24) is 9.13 Å². The zero-order valence-electron chi connectivity index (χ0n) is 19.2. The third kappa shape index (κ3) is 4.98. The van der Waals surface area contributed by atoms with E-state index in [4.69, 9.17) is 9.47 Å². The highest BCUT2D eigenvalue weighted by molar-refractivity contribution is 6.00. The van der Waals surface area contributed by atoms with E-state index >= 15 is 0 Å². The lowest BCUT2D eigenvalue weighted by Gasteiger charge is -2.24. The predicted molar refractivity (Wildman–Crippen MR) is 121 cm³/mol. The fourth-order valence-electron chi connectivity index (χ4n) is 4.05. The van der Waals surface area contributed by atoms with Crippen LogP contribution in [0.5, 0.6) is 0 Å². The maximum Gasteiger partial charge on any atom is 0.334 e. The Labute approximate surface area is 190 Å². The lowest BCUT2D eigenvalue weighted by atomic mass is 10.1. The Balaban J connectivity index is 2.19. The molecule has 0 spiro atoms. The van der Waals surface area contributed by atoms with E-state index in [0.29, 0.717) is 15.8 Å². The van der Waals surface area contributed by atoms with Gasteiger partial charge in [0.05, 0.1) is 24.8 Å². The molecule has 0 fully saturated rings. The summed E-state index contributed by atoms with van der Waals surface area (Å²) in [5, 5.41) is 9.29. The number of fused-ring (bicyclic) bond motifs is 1. The summed E-state index contributed by atoms with van der Waals surface area (Å²) in [6.45, 7) is 6.47. The first-order valence-corrected chi connectivity index (χ1v) is 10.8. The van der Waals surface area contributed by atoms with Gasteiger partial charge >= 0.3 is 17.6 Å². The molecular weight excluding hydrogens is 428 g/mol. The van der Waals surface area contributed by atoms with E-state index in [0.717, 1.165) is 5.56 Å². The average molecular weight is 456 g/mol. The normalized spacial score (nSPS) is 13.8. The van der Waals surface area contributed by atoms with Crippen molar-refractivity contribution < 1.29 is 24.2 Å². The van der Waals surface area contributed by atoms with E-state index in [9.17, 15) is 24.3 Å². The quantitative estimate of drug-likeness (QED) is 0.575. The van der Waals surface area contributed by atoms with Crippen molar-refractivity contribution in [2.45, 2.75) is 59.4 Å². The van der Waals surface area contributed by atoms with Crippen molar-refractivity contribution in [3.63, 3.8) is 0 Å². The SMILES string of the molecule is CCOC(=O)C1=C(C)c2c(n(C[C@H](OC(C)C)c3ccccc3)c(=O)n(CC(=O)O)c2=O)C1. The Morgan fingerprint density at radius 3 is 2.36 bits per heavy atom. The van der Waals surface area contributed by atoms with Crippen LogP contribution in [0.3, 0.4) is 0 Å². The molecule has 2 aromatic rings. The van der Waals surface area contributed by atoms with Crippen LogP contribution >= 0.6 is 0 Å². The van der Waals surface area contributed by atoms with Gasteiger partial charge in [0.2, 0.25) is 0 Å². The molecule has 0 unspecified atom stereocenters. The van der Waals surface area contributed by atoms with E-state index < -0.39 is 35.8 Å². The number of carboxylic acid groups (broad SMARTS) is 1. The number of carboxylic acids is 1. The number of hydrogen-bond acceptors (Lipinski definition) is 6. The molecule has 0 aliphatic heterocycles. The molecule has 0 saturated heterocycles. The second kappa shape index (κ2) is 9.99. The molecule has 0 saturated carbocycles. The summed E-state index contributed by atoms with van der Waals surface area (Å²) in [7, 11) is 0. The van der Waals surface area contributed by atoms with Gasteiger partial charge in [-0.2, -0.15) is 0 Å². The highest BCUT2D eigenvalue weighted by Crippen LogP contribution is 2.31. The van der Waals surface area contributed by atoms with Gasteiger partial charge in [-0.25, -0.2) is 14.2 Å². The standard InChI is InChI=1S/C24H28N2O7/c1-5-32-23(30)17-11-18-21(15(17)4)22(29)26(13-20(27)28)24(31)25(18)12-19(33-14(2)3)16-9-7-6-8-10-16/h6-10,14,19H,5,11-13H2,1-4H3,(H,27,28)/t19-/m0/s1. The van der Waals surface area contributed by atoms with Crippen LogP contribution in [-0.4, -0.2) is 38.9 Å². The fourth-order valence-corrected chi connectivity index (χ4v) is 4.05. The Morgan fingerprint density at radius 2 is 1.79 bits per heavy atom. The number of carbonyl (C=O) groups excluding carboxylic acids is 1. The third-order valence-electron chi connectivity index (χ3n) is 5.48. The fraction of sp³-hybridized carbons (Fsp3) is 0.417. The van der Waals surface area contributed by atoms with Crippen molar-refractivity contribution in [2.75, 3.05) is 6.61 Å². The second-order valence-corrected chi connectivity index (χ2v) is 8.08. The highest BCUT2D eigenvalue weighted by atomic mass is 16.5. The van der Waals surface area contributed by atoms with Crippen molar-refractivity contribution in [1.29, 1.82) is 0 Å². The molecule has 1 aromatic heterocycles. The van der Waals surface area contributed by atoms with Crippen LogP contribution in [-0.2, 0) is 38.6 Å². The van der Waals surface area contributed by atoms with Crippen LogP contribution in [0.2, 0.25) is 0 Å². The molecule has 176 valence electrons. The second-order valence-electron chi connectivity index (χ2n) is 8.08. The molecule has 0 amide bonds. The number of rotatable bonds is 9. The molecule has 33 heavy (non-hydrogen) atoms. The number of esters is 1. The monoisotopic (exact) mass is 456 g/mol. The lowest BCUT2D eigenvalue weighted by Crippen LogP contribution is -2.45. The summed E-state index contributed by atoms with van der Waals surface area (Å²) >= 11 is 0. The molecule has 9 heteroatoms. The van der Waals surface area contributed by atoms with Gasteiger partial charge in [-0.15, -0.1) is 0 Å². The van der Waals surface area contributed by atoms with E-state index in [1.807, 2.05) is 44.2 Å². The number of ether oxygens (including phenoxy) is 2. The van der Waals surface area contributed by atoms with Gasteiger partial charge < -0.3 is 14.6 Å². The molecule has 3 rings (SSSR count). The van der Waals surface area contributed by atoms with Crippen LogP contribution in [0.1, 0.15) is 50.6 Å². The van der Waals surface area contributed by atoms with Crippen molar-refractivity contribution in [2.24, 2.45) is 0 Å². The Hall–Kier alpha value is -3.46. The topological polar surface area (TPSA) is 117 Å². The van der Waals surface area contributed by atoms with Gasteiger partial charge in [0, 0.05) is 17.7 Å². The number of benzene rings is 1. The van der Waals surface area contributed by atoms with Crippen LogP contribution in [0.25, 0.3) is 5.57 Å². The molecule has 0 radical (unpaired) electrons. The largest absolute Gasteiger partial charge is 0.480 e. The molecular formula is C24H28N2O7. The van der Waals surface area contributed by atoms with E-state index in [-0.39, 0.29) is 36.8 Å². The Bertz CT molecular complexity index is 1210. The number of allylic oxidation sites excluding steroid dienone is 1. The first-order valence-electron chi connectivity index (χ1n) is 10.8.